The normalized spacial score (nSPS) is 13.1. The van der Waals surface area contributed by atoms with Gasteiger partial charge in [-0.3, -0.25) is 0 Å². The van der Waals surface area contributed by atoms with Crippen molar-refractivity contribution in [1.82, 2.24) is 9.13 Å². The molecule has 0 radical (unpaired) electrons. The van der Waals surface area contributed by atoms with E-state index in [1.165, 1.54) is 93.1 Å². The average molecular weight is 1230 g/mol. The summed E-state index contributed by atoms with van der Waals surface area (Å²) in [6.45, 7) is 8.67. The molecule has 1 spiro atoms. The van der Waals surface area contributed by atoms with Crippen LogP contribution in [0.4, 0.5) is 17.1 Å². The second-order valence-corrected chi connectivity index (χ2v) is 26.6. The number of benzene rings is 14. The molecule has 2 aliphatic rings. The maximum Gasteiger partial charge on any atom is 0.175 e. The fraction of sp³-hybridized carbons (Fsp3) is 0.0549. The molecule has 452 valence electrons. The molecule has 0 bridgehead atoms. The molecule has 20 rings (SSSR count). The van der Waals surface area contributed by atoms with Gasteiger partial charge >= 0.3 is 0 Å². The zero-order valence-electron chi connectivity index (χ0n) is 53.4. The first-order valence-corrected chi connectivity index (χ1v) is 33.3. The van der Waals surface area contributed by atoms with Gasteiger partial charge in [0.2, 0.25) is 0 Å². The number of anilines is 3. The minimum absolute atomic E-state index is 0.752. The van der Waals surface area contributed by atoms with Crippen molar-refractivity contribution in [2.45, 2.75) is 33.1 Å². The van der Waals surface area contributed by atoms with E-state index in [0.29, 0.717) is 0 Å². The van der Waals surface area contributed by atoms with Crippen molar-refractivity contribution in [3.8, 4) is 67.8 Å². The Morgan fingerprint density at radius 1 is 0.271 bits per heavy atom. The molecule has 0 atom stereocenters. The van der Waals surface area contributed by atoms with E-state index in [4.69, 9.17) is 8.83 Å². The van der Waals surface area contributed by atoms with E-state index in [2.05, 4.69) is 339 Å². The Morgan fingerprint density at radius 3 is 1.30 bits per heavy atom. The number of hydrogen-bond donors (Lipinski definition) is 0. The van der Waals surface area contributed by atoms with Gasteiger partial charge in [-0.2, -0.15) is 0 Å². The Morgan fingerprint density at radius 2 is 0.719 bits per heavy atom. The summed E-state index contributed by atoms with van der Waals surface area (Å²) < 4.78 is 19.7. The summed E-state index contributed by atoms with van der Waals surface area (Å²) in [4.78, 5) is 2.59. The van der Waals surface area contributed by atoms with Crippen molar-refractivity contribution < 1.29 is 8.83 Å². The minimum atomic E-state index is -0.923. The Labute approximate surface area is 555 Å². The molecular formula is C91H61N3O2. The molecule has 18 aromatic rings. The van der Waals surface area contributed by atoms with Gasteiger partial charge in [-0.25, -0.2) is 0 Å². The number of furan rings is 2. The third-order valence-corrected chi connectivity index (χ3v) is 20.8. The highest BCUT2D eigenvalue weighted by Gasteiger charge is 2.56. The smallest absolute Gasteiger partial charge is 0.175 e. The Kier molecular flexibility index (Phi) is 11.6. The van der Waals surface area contributed by atoms with Gasteiger partial charge in [0.25, 0.3) is 0 Å². The molecule has 96 heavy (non-hydrogen) atoms. The molecule has 5 heteroatoms. The highest BCUT2D eigenvalue weighted by Crippen LogP contribution is 2.67. The van der Waals surface area contributed by atoms with E-state index in [0.717, 1.165) is 112 Å². The molecule has 1 aliphatic carbocycles. The van der Waals surface area contributed by atoms with Gasteiger partial charge in [0.05, 0.1) is 38.9 Å². The van der Waals surface area contributed by atoms with Crippen LogP contribution in [0.25, 0.3) is 144 Å². The summed E-state index contributed by atoms with van der Waals surface area (Å²) in [5.41, 5.74) is 25.0. The van der Waals surface area contributed by atoms with Crippen molar-refractivity contribution in [2.75, 3.05) is 4.90 Å². The lowest BCUT2D eigenvalue weighted by molar-refractivity contribution is 0.540. The molecule has 0 saturated carbocycles. The van der Waals surface area contributed by atoms with Crippen LogP contribution in [-0.4, -0.2) is 9.13 Å². The van der Waals surface area contributed by atoms with Crippen LogP contribution in [0.1, 0.15) is 44.5 Å². The predicted molar refractivity (Wildman–Crippen MR) is 398 cm³/mol. The number of para-hydroxylation sites is 4. The van der Waals surface area contributed by atoms with Gasteiger partial charge in [0, 0.05) is 60.9 Å². The van der Waals surface area contributed by atoms with Crippen molar-refractivity contribution >= 4 is 93.0 Å². The Balaban J connectivity index is 0.883. The van der Waals surface area contributed by atoms with Crippen LogP contribution in [0.5, 0.6) is 0 Å². The highest BCUT2D eigenvalue weighted by atomic mass is 16.4. The third-order valence-electron chi connectivity index (χ3n) is 20.8. The predicted octanol–water partition coefficient (Wildman–Crippen LogP) is 24.6. The molecule has 0 saturated heterocycles. The number of fused-ring (bicyclic) bond motifs is 21. The van der Waals surface area contributed by atoms with E-state index in [1.54, 1.807) is 0 Å². The van der Waals surface area contributed by atoms with Crippen LogP contribution < -0.4 is 4.90 Å². The van der Waals surface area contributed by atoms with Crippen LogP contribution in [0.3, 0.4) is 0 Å². The number of aromatic nitrogens is 2. The van der Waals surface area contributed by atoms with Crippen LogP contribution in [0.15, 0.2) is 306 Å². The molecule has 1 aliphatic heterocycles. The lowest BCUT2D eigenvalue weighted by Crippen LogP contribution is -2.36. The van der Waals surface area contributed by atoms with Crippen LogP contribution in [-0.2, 0) is 5.41 Å². The lowest BCUT2D eigenvalue weighted by atomic mass is 9.64. The van der Waals surface area contributed by atoms with Gasteiger partial charge in [-0.15, -0.1) is 0 Å². The average Bonchev–Trinajstić information content (AvgIpc) is 1.45. The Hall–Kier alpha value is -12.2. The molecule has 0 fully saturated rings. The van der Waals surface area contributed by atoms with Gasteiger partial charge in [0.1, 0.15) is 11.5 Å². The molecule has 4 aromatic heterocycles. The maximum atomic E-state index is 7.40. The van der Waals surface area contributed by atoms with E-state index >= 15 is 0 Å². The maximum absolute atomic E-state index is 7.40. The SMILES string of the molecule is Cc1cc(C)cc(-c2cc3c(o2)-c2oc(-c4cc(C)cc(C)c4)cc2C32c3ccccc3N(c3cccc(-c4cc5c6ccccc6c(-c6ccccc6)cc5c5ccccc45)c3)c3c2ccc2c3c3ccccc3n2-c2cccc(-n3c4ccccc4c4ccccc43)c2)c1. The summed E-state index contributed by atoms with van der Waals surface area (Å²) in [6, 6.07) is 111. The van der Waals surface area contributed by atoms with Crippen LogP contribution in [0, 0.1) is 27.7 Å². The minimum Gasteiger partial charge on any atom is -0.452 e. The first kappa shape index (κ1) is 54.4. The van der Waals surface area contributed by atoms with Crippen molar-refractivity contribution in [3.05, 3.63) is 342 Å². The topological polar surface area (TPSA) is 39.4 Å². The molecule has 0 N–H and O–H groups in total. The van der Waals surface area contributed by atoms with E-state index in [-0.39, 0.29) is 0 Å². The zero-order valence-corrected chi connectivity index (χ0v) is 53.4. The molecule has 14 aromatic carbocycles. The summed E-state index contributed by atoms with van der Waals surface area (Å²) >= 11 is 0. The van der Waals surface area contributed by atoms with Gasteiger partial charge < -0.3 is 22.9 Å². The molecular weight excluding hydrogens is 1170 g/mol. The van der Waals surface area contributed by atoms with E-state index in [1.807, 2.05) is 0 Å². The summed E-state index contributed by atoms with van der Waals surface area (Å²) in [7, 11) is 0. The second kappa shape index (κ2) is 20.4. The van der Waals surface area contributed by atoms with E-state index in [9.17, 15) is 0 Å². The molecule has 0 amide bonds. The monoisotopic (exact) mass is 1230 g/mol. The van der Waals surface area contributed by atoms with Gasteiger partial charge in [-0.1, -0.05) is 210 Å². The fourth-order valence-corrected chi connectivity index (χ4v) is 17.1. The van der Waals surface area contributed by atoms with Gasteiger partial charge in [-0.05, 0) is 203 Å². The number of rotatable bonds is 7. The third kappa shape index (κ3) is 7.74. The fourth-order valence-electron chi connectivity index (χ4n) is 17.1. The van der Waals surface area contributed by atoms with Crippen molar-refractivity contribution in [2.24, 2.45) is 0 Å². The van der Waals surface area contributed by atoms with Crippen molar-refractivity contribution in [1.29, 1.82) is 0 Å². The van der Waals surface area contributed by atoms with E-state index < -0.39 is 5.41 Å². The standard InChI is InChI=1S/C91H61N3O2/c1-54-42-55(2)45-60(44-54)85-52-78-89(95-85)90-79(53-86(96-90)61-46-56(3)43-57(4)47-61)91(78)76-35-15-19-39-83(76)94(62-25-20-24-59(48-62)73-51-75-67-30-10-8-28-65(67)72(58-22-6-5-7-23-58)50-74(75)68-31-11-9-29-66(68)73)88-77(91)40-41-84-87(88)71-34-14-18-38-82(71)93(84)64-27-21-26-63(49-64)92-80-36-16-12-32-69(80)70-33-13-17-37-81(70)92/h5-53H,1-4H3. The summed E-state index contributed by atoms with van der Waals surface area (Å²) in [5, 5.41) is 12.1. The molecule has 5 nitrogen and oxygen atoms in total. The summed E-state index contributed by atoms with van der Waals surface area (Å²) in [5.74, 6) is 3.12. The quantitative estimate of drug-likeness (QED) is 0.149. The van der Waals surface area contributed by atoms with Gasteiger partial charge in [0.15, 0.2) is 11.5 Å². The van der Waals surface area contributed by atoms with Crippen molar-refractivity contribution in [3.63, 3.8) is 0 Å². The number of hydrogen-bond acceptors (Lipinski definition) is 3. The second-order valence-electron chi connectivity index (χ2n) is 26.6. The highest BCUT2D eigenvalue weighted by molar-refractivity contribution is 6.24. The van der Waals surface area contributed by atoms with Crippen LogP contribution in [0.2, 0.25) is 0 Å². The molecule has 5 heterocycles. The largest absolute Gasteiger partial charge is 0.452 e. The first-order chi connectivity index (χ1) is 47.2. The first-order valence-electron chi connectivity index (χ1n) is 33.3. The number of aryl methyl sites for hydroxylation is 4. The zero-order chi connectivity index (χ0) is 63.7. The number of nitrogens with zero attached hydrogens (tertiary/aromatic N) is 3. The lowest BCUT2D eigenvalue weighted by Gasteiger charge is -2.44. The summed E-state index contributed by atoms with van der Waals surface area (Å²) in [6.07, 6.45) is 0. The molecule has 0 unspecified atom stereocenters. The Bertz CT molecular complexity index is 6160. The van der Waals surface area contributed by atoms with Crippen LogP contribution >= 0.6 is 0 Å².